The van der Waals surface area contributed by atoms with Crippen molar-refractivity contribution >= 4 is 75.1 Å². The van der Waals surface area contributed by atoms with Crippen molar-refractivity contribution in [2.24, 2.45) is 0 Å². The van der Waals surface area contributed by atoms with Crippen LogP contribution in [0.4, 0.5) is 0 Å². The van der Waals surface area contributed by atoms with Gasteiger partial charge in [0, 0.05) is 42.7 Å². The summed E-state index contributed by atoms with van der Waals surface area (Å²) in [5, 5.41) is 7.56. The van der Waals surface area contributed by atoms with Gasteiger partial charge < -0.3 is 9.13 Å². The molecule has 0 atom stereocenters. The number of nitrogens with zero attached hydrogens (tertiary/aromatic N) is 2. The first-order chi connectivity index (χ1) is 34.2. The van der Waals surface area contributed by atoms with E-state index in [1.165, 1.54) is 125 Å². The Morgan fingerprint density at radius 1 is 0.232 bits per heavy atom. The molecule has 3 heterocycles. The summed E-state index contributed by atoms with van der Waals surface area (Å²) in [7, 11) is 0. The Morgan fingerprint density at radius 3 is 1.28 bits per heavy atom. The van der Waals surface area contributed by atoms with Crippen molar-refractivity contribution in [1.29, 1.82) is 0 Å². The summed E-state index contributed by atoms with van der Waals surface area (Å²) in [5.74, 6) is 0. The zero-order valence-electron chi connectivity index (χ0n) is 37.6. The molecule has 2 nitrogen and oxygen atoms in total. The molecule has 11 aromatic carbocycles. The summed E-state index contributed by atoms with van der Waals surface area (Å²) >= 11 is 1.88. The van der Waals surface area contributed by atoms with Crippen molar-refractivity contribution in [2.45, 2.75) is 0 Å². The van der Waals surface area contributed by atoms with E-state index in [4.69, 9.17) is 0 Å². The molecule has 0 radical (unpaired) electrons. The molecule has 0 aliphatic rings. The fourth-order valence-corrected chi connectivity index (χ4v) is 12.0. The van der Waals surface area contributed by atoms with Gasteiger partial charge >= 0.3 is 0 Å². The van der Waals surface area contributed by atoms with Crippen LogP contribution in [-0.2, 0) is 0 Å². The van der Waals surface area contributed by atoms with Gasteiger partial charge in [-0.2, -0.15) is 0 Å². The van der Waals surface area contributed by atoms with Gasteiger partial charge in [0.05, 0.1) is 32.5 Å². The second kappa shape index (κ2) is 16.0. The molecule has 0 saturated heterocycles. The summed E-state index contributed by atoms with van der Waals surface area (Å²) in [5.41, 5.74) is 19.1. The Bertz CT molecular complexity index is 4230. The molecule has 3 heteroatoms. The van der Waals surface area contributed by atoms with E-state index in [9.17, 15) is 0 Å². The van der Waals surface area contributed by atoms with Crippen LogP contribution < -0.4 is 0 Å². The Hall–Kier alpha value is -8.76. The number of rotatable bonds is 7. The lowest BCUT2D eigenvalue weighted by molar-refractivity contribution is 1.18. The van der Waals surface area contributed by atoms with Gasteiger partial charge in [0.25, 0.3) is 0 Å². The molecule has 0 aliphatic carbocycles. The van der Waals surface area contributed by atoms with Gasteiger partial charge in [0.1, 0.15) is 0 Å². The monoisotopic (exact) mass is 894 g/mol. The van der Waals surface area contributed by atoms with Crippen LogP contribution in [-0.4, -0.2) is 9.13 Å². The highest BCUT2D eigenvalue weighted by atomic mass is 32.1. The number of aromatic nitrogens is 2. The quantitative estimate of drug-likeness (QED) is 0.151. The minimum absolute atomic E-state index is 1.13. The number of benzene rings is 11. The minimum atomic E-state index is 1.13. The van der Waals surface area contributed by atoms with E-state index in [1.807, 2.05) is 11.3 Å². The first kappa shape index (κ1) is 39.4. The third-order valence-corrected chi connectivity index (χ3v) is 15.3. The topological polar surface area (TPSA) is 9.86 Å². The molecule has 0 bridgehead atoms. The van der Waals surface area contributed by atoms with Crippen LogP contribution in [0.1, 0.15) is 0 Å². The second-order valence-corrected chi connectivity index (χ2v) is 19.1. The number of thiophene rings is 1. The zero-order valence-corrected chi connectivity index (χ0v) is 38.4. The number of hydrogen-bond acceptors (Lipinski definition) is 1. The van der Waals surface area contributed by atoms with Crippen LogP contribution in [0.2, 0.25) is 0 Å². The van der Waals surface area contributed by atoms with E-state index in [1.54, 1.807) is 0 Å². The predicted octanol–water partition coefficient (Wildman–Crippen LogP) is 18.6. The maximum Gasteiger partial charge on any atom is 0.0640 e. The van der Waals surface area contributed by atoms with Gasteiger partial charge in [-0.1, -0.05) is 170 Å². The summed E-state index contributed by atoms with van der Waals surface area (Å²) in [6.45, 7) is 0. The molecular formula is C66H42N2S. The molecule has 0 aliphatic heterocycles. The molecule has 0 spiro atoms. The average Bonchev–Trinajstić information content (AvgIpc) is 4.09. The SMILES string of the molecule is c1ccc(-c2cc(-c3ccccc3)cc(-c3cccc(-n4c5ccccc5c5cc(-c6ccc7c(c6)c6cc(-c8ccccc8)ccc6n7-c6cccc7c6sc6ccccc67)ccc54)c3)c2)cc1. The van der Waals surface area contributed by atoms with E-state index in [2.05, 4.69) is 264 Å². The Morgan fingerprint density at radius 2 is 0.652 bits per heavy atom. The lowest BCUT2D eigenvalue weighted by Crippen LogP contribution is -1.95. The van der Waals surface area contributed by atoms with Gasteiger partial charge in [-0.05, 0) is 141 Å². The molecule has 69 heavy (non-hydrogen) atoms. The van der Waals surface area contributed by atoms with Gasteiger partial charge in [-0.3, -0.25) is 0 Å². The highest BCUT2D eigenvalue weighted by Crippen LogP contribution is 2.44. The third kappa shape index (κ3) is 6.54. The highest BCUT2D eigenvalue weighted by molar-refractivity contribution is 7.26. The van der Waals surface area contributed by atoms with E-state index in [0.717, 1.165) is 5.69 Å². The van der Waals surface area contributed by atoms with Gasteiger partial charge in [0.15, 0.2) is 0 Å². The van der Waals surface area contributed by atoms with Crippen LogP contribution in [0.15, 0.2) is 255 Å². The Balaban J connectivity index is 0.921. The standard InChI is InChI=1S/C66H42N2S/c1-4-16-43(17-5-1)47-30-34-62-58(40-47)59-42-49(32-35-63(59)68(62)64-28-15-26-56-55-25-11-13-29-65(55)69-66(56)64)48-31-33-61-57(41-48)54-24-10-12-27-60(54)67(61)53-23-14-22-46(39-53)52-37-50(44-18-6-2-7-19-44)36-51(38-52)45-20-8-3-9-21-45/h1-42H. The summed E-state index contributed by atoms with van der Waals surface area (Å²) in [6, 6.07) is 93.7. The summed E-state index contributed by atoms with van der Waals surface area (Å²) < 4.78 is 7.54. The smallest absolute Gasteiger partial charge is 0.0640 e. The van der Waals surface area contributed by atoms with Crippen molar-refractivity contribution in [3.05, 3.63) is 255 Å². The van der Waals surface area contributed by atoms with E-state index >= 15 is 0 Å². The lowest BCUT2D eigenvalue weighted by Gasteiger charge is -2.14. The van der Waals surface area contributed by atoms with E-state index in [0.29, 0.717) is 0 Å². The molecule has 14 aromatic rings. The molecule has 0 saturated carbocycles. The fraction of sp³-hybridized carbons (Fsp3) is 0. The predicted molar refractivity (Wildman–Crippen MR) is 295 cm³/mol. The lowest BCUT2D eigenvalue weighted by atomic mass is 9.93. The first-order valence-electron chi connectivity index (χ1n) is 23.6. The molecule has 0 fully saturated rings. The van der Waals surface area contributed by atoms with Gasteiger partial charge in [0.2, 0.25) is 0 Å². The second-order valence-electron chi connectivity index (χ2n) is 18.1. The normalized spacial score (nSPS) is 11.8. The molecule has 0 N–H and O–H groups in total. The van der Waals surface area contributed by atoms with Crippen LogP contribution in [0.3, 0.4) is 0 Å². The first-order valence-corrected chi connectivity index (χ1v) is 24.5. The van der Waals surface area contributed by atoms with Crippen molar-refractivity contribution in [1.82, 2.24) is 9.13 Å². The van der Waals surface area contributed by atoms with E-state index < -0.39 is 0 Å². The van der Waals surface area contributed by atoms with Crippen molar-refractivity contribution in [3.63, 3.8) is 0 Å². The van der Waals surface area contributed by atoms with Crippen LogP contribution in [0, 0.1) is 0 Å². The van der Waals surface area contributed by atoms with E-state index in [-0.39, 0.29) is 0 Å². The maximum atomic E-state index is 2.49. The largest absolute Gasteiger partial charge is 0.309 e. The average molecular weight is 895 g/mol. The Kier molecular flexibility index (Phi) is 9.11. The molecule has 0 amide bonds. The minimum Gasteiger partial charge on any atom is -0.309 e. The van der Waals surface area contributed by atoms with Crippen molar-refractivity contribution < 1.29 is 0 Å². The summed E-state index contributed by atoms with van der Waals surface area (Å²) in [4.78, 5) is 0. The van der Waals surface area contributed by atoms with Gasteiger partial charge in [-0.25, -0.2) is 0 Å². The molecular weight excluding hydrogens is 853 g/mol. The zero-order chi connectivity index (χ0) is 45.4. The molecule has 14 rings (SSSR count). The Labute approximate surface area is 403 Å². The van der Waals surface area contributed by atoms with Crippen LogP contribution in [0.5, 0.6) is 0 Å². The van der Waals surface area contributed by atoms with Gasteiger partial charge in [-0.15, -0.1) is 11.3 Å². The maximum absolute atomic E-state index is 2.49. The van der Waals surface area contributed by atoms with Crippen LogP contribution >= 0.6 is 11.3 Å². The third-order valence-electron chi connectivity index (χ3n) is 14.1. The molecule has 322 valence electrons. The molecule has 0 unspecified atom stereocenters. The number of hydrogen-bond donors (Lipinski definition) is 0. The number of fused-ring (bicyclic) bond motifs is 9. The fourth-order valence-electron chi connectivity index (χ4n) is 10.8. The summed E-state index contributed by atoms with van der Waals surface area (Å²) in [6.07, 6.45) is 0. The number of para-hydroxylation sites is 1. The van der Waals surface area contributed by atoms with Crippen molar-refractivity contribution in [3.8, 4) is 67.0 Å². The van der Waals surface area contributed by atoms with Crippen molar-refractivity contribution in [2.75, 3.05) is 0 Å². The highest BCUT2D eigenvalue weighted by Gasteiger charge is 2.20. The molecule has 3 aromatic heterocycles. The van der Waals surface area contributed by atoms with Crippen LogP contribution in [0.25, 0.3) is 131 Å².